The summed E-state index contributed by atoms with van der Waals surface area (Å²) in [6.45, 7) is 4.85. The van der Waals surface area contributed by atoms with Crippen molar-refractivity contribution in [2.45, 2.75) is 45.6 Å². The van der Waals surface area contributed by atoms with Gasteiger partial charge in [0.1, 0.15) is 10.4 Å². The van der Waals surface area contributed by atoms with Gasteiger partial charge < -0.3 is 9.47 Å². The van der Waals surface area contributed by atoms with E-state index in [-0.39, 0.29) is 12.0 Å². The van der Waals surface area contributed by atoms with Crippen molar-refractivity contribution in [1.29, 1.82) is 0 Å². The number of para-hydroxylation sites is 1. The second kappa shape index (κ2) is 8.93. The predicted octanol–water partition coefficient (Wildman–Crippen LogP) is 5.18. The molecule has 144 valence electrons. The summed E-state index contributed by atoms with van der Waals surface area (Å²) in [5, 5.41) is 0. The zero-order valence-electron chi connectivity index (χ0n) is 16.0. The smallest absolute Gasteiger partial charge is 0.266 e. The Labute approximate surface area is 170 Å². The second-order valence-electron chi connectivity index (χ2n) is 6.68. The van der Waals surface area contributed by atoms with Crippen LogP contribution in [0.1, 0.15) is 45.1 Å². The van der Waals surface area contributed by atoms with Crippen LogP contribution in [0.4, 0.5) is 0 Å². The van der Waals surface area contributed by atoms with E-state index in [0.29, 0.717) is 21.5 Å². The van der Waals surface area contributed by atoms with Crippen LogP contribution in [-0.4, -0.2) is 34.9 Å². The Bertz CT molecular complexity index is 801. The largest absolute Gasteiger partial charge is 0.493 e. The average molecular weight is 404 g/mol. The van der Waals surface area contributed by atoms with E-state index in [4.69, 9.17) is 21.7 Å². The van der Waals surface area contributed by atoms with Crippen molar-refractivity contribution in [3.63, 3.8) is 0 Å². The van der Waals surface area contributed by atoms with Gasteiger partial charge in [-0.2, -0.15) is 0 Å². The summed E-state index contributed by atoms with van der Waals surface area (Å²) in [5.74, 6) is 1.47. The lowest BCUT2D eigenvalue weighted by Gasteiger charge is -2.24. The fourth-order valence-electron chi connectivity index (χ4n) is 3.17. The quantitative estimate of drug-likeness (QED) is 0.356. The molecule has 1 saturated heterocycles. The van der Waals surface area contributed by atoms with E-state index in [1.165, 1.54) is 24.6 Å². The van der Waals surface area contributed by atoms with Crippen molar-refractivity contribution in [2.75, 3.05) is 13.7 Å². The molecule has 0 aliphatic carbocycles. The third kappa shape index (κ3) is 4.38. The molecular weight excluding hydrogens is 378 g/mol. The van der Waals surface area contributed by atoms with Gasteiger partial charge in [-0.25, -0.2) is 0 Å². The average Bonchev–Trinajstić information content (AvgIpc) is 2.92. The number of carbonyl (C=O) groups is 1. The first-order valence-electron chi connectivity index (χ1n) is 9.35. The number of amides is 1. The lowest BCUT2D eigenvalue weighted by atomic mass is 10.0. The van der Waals surface area contributed by atoms with Gasteiger partial charge in [-0.05, 0) is 37.1 Å². The van der Waals surface area contributed by atoms with E-state index in [1.807, 2.05) is 31.2 Å². The number of ether oxygens (including phenoxy) is 2. The molecule has 0 spiro atoms. The van der Waals surface area contributed by atoms with Crippen LogP contribution in [0.5, 0.6) is 11.5 Å². The molecule has 2 heterocycles. The highest BCUT2D eigenvalue weighted by Gasteiger charge is 2.32. The van der Waals surface area contributed by atoms with Gasteiger partial charge in [0.15, 0.2) is 11.5 Å². The molecule has 0 radical (unpaired) electrons. The molecule has 1 atom stereocenters. The normalized spacial score (nSPS) is 20.6. The van der Waals surface area contributed by atoms with Crippen molar-refractivity contribution in [3.05, 3.63) is 40.3 Å². The fourth-order valence-corrected chi connectivity index (χ4v) is 4.48. The molecule has 1 aromatic rings. The molecular formula is C21H25NO3S2. The van der Waals surface area contributed by atoms with Gasteiger partial charge in [0, 0.05) is 12.1 Å². The van der Waals surface area contributed by atoms with Crippen LogP contribution < -0.4 is 9.47 Å². The Hall–Kier alpha value is -1.79. The SMILES string of the molecule is CCCCCCN1C(=O)C(=CC2=Cc3cccc(OC)c3OC2C)SC1=S. The standard InChI is InChI=1S/C21H25NO3S2/c1-4-5-6-7-11-22-20(23)18(27-21(22)26)13-16-12-15-9-8-10-17(24-3)19(15)25-14(16)2/h8-10,12-14H,4-7,11H2,1-3H3. The van der Waals surface area contributed by atoms with Gasteiger partial charge in [-0.1, -0.05) is 62.3 Å². The lowest BCUT2D eigenvalue weighted by Crippen LogP contribution is -2.29. The molecule has 0 aromatic heterocycles. The molecule has 0 bridgehead atoms. The molecule has 2 aliphatic rings. The van der Waals surface area contributed by atoms with E-state index in [1.54, 1.807) is 12.0 Å². The van der Waals surface area contributed by atoms with Crippen LogP contribution in [0.3, 0.4) is 0 Å². The Kier molecular flexibility index (Phi) is 6.60. The highest BCUT2D eigenvalue weighted by atomic mass is 32.2. The maximum atomic E-state index is 12.8. The first-order valence-corrected chi connectivity index (χ1v) is 10.6. The van der Waals surface area contributed by atoms with Gasteiger partial charge in [0.05, 0.1) is 12.0 Å². The molecule has 27 heavy (non-hydrogen) atoms. The van der Waals surface area contributed by atoms with Gasteiger partial charge in [0.25, 0.3) is 5.91 Å². The van der Waals surface area contributed by atoms with Crippen LogP contribution in [0.15, 0.2) is 34.8 Å². The number of benzene rings is 1. The van der Waals surface area contributed by atoms with Gasteiger partial charge in [-0.3, -0.25) is 9.69 Å². The first kappa shape index (κ1) is 20.0. The van der Waals surface area contributed by atoms with Crippen LogP contribution in [0, 0.1) is 0 Å². The zero-order valence-corrected chi connectivity index (χ0v) is 17.6. The summed E-state index contributed by atoms with van der Waals surface area (Å²) in [6, 6.07) is 5.80. The number of thioether (sulfide) groups is 1. The molecule has 1 fully saturated rings. The molecule has 0 saturated carbocycles. The monoisotopic (exact) mass is 403 g/mol. The molecule has 0 N–H and O–H groups in total. The number of hydrogen-bond acceptors (Lipinski definition) is 5. The topological polar surface area (TPSA) is 38.8 Å². The second-order valence-corrected chi connectivity index (χ2v) is 8.35. The van der Waals surface area contributed by atoms with Crippen molar-refractivity contribution >= 4 is 40.3 Å². The highest BCUT2D eigenvalue weighted by molar-refractivity contribution is 8.26. The predicted molar refractivity (Wildman–Crippen MR) is 115 cm³/mol. The Balaban J connectivity index is 1.78. The van der Waals surface area contributed by atoms with Crippen molar-refractivity contribution in [2.24, 2.45) is 0 Å². The molecule has 4 nitrogen and oxygen atoms in total. The molecule has 3 rings (SSSR count). The molecule has 1 aromatic carbocycles. The molecule has 1 amide bonds. The Morgan fingerprint density at radius 2 is 2.15 bits per heavy atom. The van der Waals surface area contributed by atoms with Gasteiger partial charge >= 0.3 is 0 Å². The number of unbranched alkanes of at least 4 members (excludes halogenated alkanes) is 3. The van der Waals surface area contributed by atoms with E-state index >= 15 is 0 Å². The number of thiocarbonyl (C=S) groups is 1. The lowest BCUT2D eigenvalue weighted by molar-refractivity contribution is -0.122. The Morgan fingerprint density at radius 3 is 2.89 bits per heavy atom. The highest BCUT2D eigenvalue weighted by Crippen LogP contribution is 2.39. The molecule has 6 heteroatoms. The Morgan fingerprint density at radius 1 is 1.33 bits per heavy atom. The van der Waals surface area contributed by atoms with Crippen molar-refractivity contribution in [3.8, 4) is 11.5 Å². The summed E-state index contributed by atoms with van der Waals surface area (Å²) in [7, 11) is 1.63. The van der Waals surface area contributed by atoms with Crippen LogP contribution in [-0.2, 0) is 4.79 Å². The summed E-state index contributed by atoms with van der Waals surface area (Å²) in [5.41, 5.74) is 1.91. The minimum Gasteiger partial charge on any atom is -0.493 e. The van der Waals surface area contributed by atoms with E-state index in [2.05, 4.69) is 13.0 Å². The summed E-state index contributed by atoms with van der Waals surface area (Å²) >= 11 is 6.80. The summed E-state index contributed by atoms with van der Waals surface area (Å²) in [6.07, 6.45) is 8.29. The number of hydrogen-bond donors (Lipinski definition) is 0. The fraction of sp³-hybridized carbons (Fsp3) is 0.429. The maximum Gasteiger partial charge on any atom is 0.266 e. The number of rotatable bonds is 7. The number of fused-ring (bicyclic) bond motifs is 1. The summed E-state index contributed by atoms with van der Waals surface area (Å²) in [4.78, 5) is 15.2. The van der Waals surface area contributed by atoms with Gasteiger partial charge in [-0.15, -0.1) is 0 Å². The number of methoxy groups -OCH3 is 1. The van der Waals surface area contributed by atoms with E-state index < -0.39 is 0 Å². The third-order valence-electron chi connectivity index (χ3n) is 4.72. The molecule has 1 unspecified atom stereocenters. The van der Waals surface area contributed by atoms with E-state index in [0.717, 1.165) is 29.7 Å². The molecule has 2 aliphatic heterocycles. The third-order valence-corrected chi connectivity index (χ3v) is 6.10. The minimum absolute atomic E-state index is 0.00559. The van der Waals surface area contributed by atoms with Crippen LogP contribution in [0.2, 0.25) is 0 Å². The van der Waals surface area contributed by atoms with Crippen LogP contribution >= 0.6 is 24.0 Å². The van der Waals surface area contributed by atoms with Crippen molar-refractivity contribution < 1.29 is 14.3 Å². The van der Waals surface area contributed by atoms with Crippen LogP contribution in [0.25, 0.3) is 6.08 Å². The minimum atomic E-state index is -0.165. The summed E-state index contributed by atoms with van der Waals surface area (Å²) < 4.78 is 12.1. The first-order chi connectivity index (χ1) is 13.0. The van der Waals surface area contributed by atoms with Crippen molar-refractivity contribution in [1.82, 2.24) is 4.90 Å². The number of carbonyl (C=O) groups excluding carboxylic acids is 1. The zero-order chi connectivity index (χ0) is 19.4. The van der Waals surface area contributed by atoms with E-state index in [9.17, 15) is 4.79 Å². The maximum absolute atomic E-state index is 12.8. The van der Waals surface area contributed by atoms with Gasteiger partial charge in [0.2, 0.25) is 0 Å². The number of nitrogens with zero attached hydrogens (tertiary/aromatic N) is 1.